The SMILES string of the molecule is N#C/C(=C/c1ccc(N2CCOCC2)c([N+](=O)[O-])c1)C(=O)Nc1sc2c(c1C#N)CCCC2. The van der Waals surface area contributed by atoms with E-state index in [4.69, 9.17) is 4.74 Å². The summed E-state index contributed by atoms with van der Waals surface area (Å²) >= 11 is 1.38. The molecule has 0 atom stereocenters. The number of ether oxygens (including phenoxy) is 1. The smallest absolute Gasteiger partial charge is 0.293 e. The highest BCUT2D eigenvalue weighted by Gasteiger charge is 2.24. The standard InChI is InChI=1S/C23H21N5O4S/c24-13-16(22(29)26-23-18(14-25)17-3-1-2-4-21(17)33-23)11-15-5-6-19(20(12-15)28(30)31)27-7-9-32-10-8-27/h5-6,11-12H,1-4,7-10H2,(H,26,29)/b16-11-. The molecule has 2 heterocycles. The van der Waals surface area contributed by atoms with Gasteiger partial charge >= 0.3 is 0 Å². The van der Waals surface area contributed by atoms with Gasteiger partial charge in [0.05, 0.1) is 23.7 Å². The van der Waals surface area contributed by atoms with Crippen LogP contribution in [0.3, 0.4) is 0 Å². The number of nitriles is 2. The molecule has 10 heteroatoms. The van der Waals surface area contributed by atoms with Crippen LogP contribution in [0.1, 0.15) is 34.4 Å². The zero-order valence-corrected chi connectivity index (χ0v) is 18.6. The summed E-state index contributed by atoms with van der Waals surface area (Å²) in [5, 5.41) is 34.0. The number of benzene rings is 1. The molecule has 0 radical (unpaired) electrons. The van der Waals surface area contributed by atoms with Crippen molar-refractivity contribution >= 4 is 39.7 Å². The Morgan fingerprint density at radius 1 is 1.24 bits per heavy atom. The summed E-state index contributed by atoms with van der Waals surface area (Å²) in [5.41, 5.74) is 2.01. The van der Waals surface area contributed by atoms with Crippen LogP contribution in [0, 0.1) is 32.8 Å². The molecule has 1 N–H and O–H groups in total. The van der Waals surface area contributed by atoms with E-state index in [1.807, 2.05) is 11.0 Å². The molecule has 1 amide bonds. The molecule has 33 heavy (non-hydrogen) atoms. The normalized spacial score (nSPS) is 15.8. The van der Waals surface area contributed by atoms with Crippen LogP contribution in [0.4, 0.5) is 16.4 Å². The summed E-state index contributed by atoms with van der Waals surface area (Å²) < 4.78 is 5.31. The number of aryl methyl sites for hydroxylation is 1. The van der Waals surface area contributed by atoms with Gasteiger partial charge in [-0.25, -0.2) is 0 Å². The average molecular weight is 464 g/mol. The zero-order valence-electron chi connectivity index (χ0n) is 17.8. The fraction of sp³-hybridized carbons (Fsp3) is 0.348. The van der Waals surface area contributed by atoms with E-state index in [2.05, 4.69) is 11.4 Å². The Kier molecular flexibility index (Phi) is 6.68. The molecule has 1 aromatic carbocycles. The van der Waals surface area contributed by atoms with E-state index in [0.29, 0.717) is 48.1 Å². The Bertz CT molecular complexity index is 1210. The maximum atomic E-state index is 12.8. The number of amides is 1. The highest BCUT2D eigenvalue weighted by atomic mass is 32.1. The van der Waals surface area contributed by atoms with Gasteiger partial charge in [0.1, 0.15) is 28.4 Å². The molecule has 2 aromatic rings. The number of nitro groups is 1. The number of nitro benzene ring substituents is 1. The summed E-state index contributed by atoms with van der Waals surface area (Å²) in [6, 6.07) is 8.68. The fourth-order valence-corrected chi connectivity index (χ4v) is 5.34. The molecule has 9 nitrogen and oxygen atoms in total. The lowest BCUT2D eigenvalue weighted by Gasteiger charge is -2.28. The molecule has 1 aliphatic heterocycles. The largest absolute Gasteiger partial charge is 0.378 e. The summed E-state index contributed by atoms with van der Waals surface area (Å²) in [6.45, 7) is 2.09. The molecule has 2 aliphatic rings. The number of fused-ring (bicyclic) bond motifs is 1. The monoisotopic (exact) mass is 463 g/mol. The van der Waals surface area contributed by atoms with Crippen molar-refractivity contribution in [1.82, 2.24) is 0 Å². The number of hydrogen-bond donors (Lipinski definition) is 1. The second-order valence-corrected chi connectivity index (χ2v) is 8.86. The third-order valence-electron chi connectivity index (χ3n) is 5.73. The van der Waals surface area contributed by atoms with Crippen molar-refractivity contribution in [2.24, 2.45) is 0 Å². The third kappa shape index (κ3) is 4.72. The maximum Gasteiger partial charge on any atom is 0.293 e. The van der Waals surface area contributed by atoms with Gasteiger partial charge in [0.15, 0.2) is 0 Å². The number of rotatable bonds is 5. The van der Waals surface area contributed by atoms with E-state index in [9.17, 15) is 25.4 Å². The third-order valence-corrected chi connectivity index (χ3v) is 6.94. The fourth-order valence-electron chi connectivity index (χ4n) is 4.11. The second kappa shape index (κ2) is 9.82. The maximum absolute atomic E-state index is 12.8. The lowest BCUT2D eigenvalue weighted by molar-refractivity contribution is -0.384. The van der Waals surface area contributed by atoms with Gasteiger partial charge in [0, 0.05) is 24.0 Å². The molecular weight excluding hydrogens is 442 g/mol. The van der Waals surface area contributed by atoms with Crippen molar-refractivity contribution in [3.8, 4) is 12.1 Å². The molecule has 1 aliphatic carbocycles. The van der Waals surface area contributed by atoms with E-state index >= 15 is 0 Å². The Morgan fingerprint density at radius 2 is 2.00 bits per heavy atom. The van der Waals surface area contributed by atoms with E-state index in [1.54, 1.807) is 12.1 Å². The average Bonchev–Trinajstić information content (AvgIpc) is 3.19. The number of nitrogens with one attached hydrogen (secondary N) is 1. The first-order valence-electron chi connectivity index (χ1n) is 10.6. The van der Waals surface area contributed by atoms with Crippen molar-refractivity contribution in [1.29, 1.82) is 10.5 Å². The molecule has 1 fully saturated rings. The van der Waals surface area contributed by atoms with Crippen molar-refractivity contribution in [3.63, 3.8) is 0 Å². The quantitative estimate of drug-likeness (QED) is 0.309. The van der Waals surface area contributed by atoms with Gasteiger partial charge in [0.25, 0.3) is 11.6 Å². The molecule has 4 rings (SSSR count). The number of hydrogen-bond acceptors (Lipinski definition) is 8. The Labute approximate surface area is 194 Å². The number of carbonyl (C=O) groups is 1. The summed E-state index contributed by atoms with van der Waals surface area (Å²) in [5.74, 6) is -0.646. The number of anilines is 2. The highest BCUT2D eigenvalue weighted by Crippen LogP contribution is 2.38. The number of carbonyl (C=O) groups excluding carboxylic acids is 1. The van der Waals surface area contributed by atoms with Crippen LogP contribution in [-0.2, 0) is 22.4 Å². The first-order valence-corrected chi connectivity index (χ1v) is 11.4. The van der Waals surface area contributed by atoms with Crippen molar-refractivity contribution in [2.75, 3.05) is 36.5 Å². The van der Waals surface area contributed by atoms with Gasteiger partial charge < -0.3 is 15.0 Å². The van der Waals surface area contributed by atoms with Crippen LogP contribution in [-0.4, -0.2) is 37.1 Å². The van der Waals surface area contributed by atoms with Crippen LogP contribution >= 0.6 is 11.3 Å². The van der Waals surface area contributed by atoms with Gasteiger partial charge in [-0.2, -0.15) is 10.5 Å². The zero-order chi connectivity index (χ0) is 23.4. The minimum atomic E-state index is -0.646. The van der Waals surface area contributed by atoms with Gasteiger partial charge in [-0.05, 0) is 49.0 Å². The van der Waals surface area contributed by atoms with E-state index < -0.39 is 10.8 Å². The van der Waals surface area contributed by atoms with Gasteiger partial charge in [-0.15, -0.1) is 11.3 Å². The lowest BCUT2D eigenvalue weighted by atomic mass is 9.96. The van der Waals surface area contributed by atoms with Crippen LogP contribution < -0.4 is 10.2 Å². The molecule has 0 unspecified atom stereocenters. The molecule has 0 saturated carbocycles. The summed E-state index contributed by atoms with van der Waals surface area (Å²) in [7, 11) is 0. The Balaban J connectivity index is 1.60. The predicted molar refractivity (Wildman–Crippen MR) is 124 cm³/mol. The summed E-state index contributed by atoms with van der Waals surface area (Å²) in [4.78, 5) is 27.0. The van der Waals surface area contributed by atoms with Crippen LogP contribution in [0.2, 0.25) is 0 Å². The second-order valence-electron chi connectivity index (χ2n) is 7.76. The van der Waals surface area contributed by atoms with Gasteiger partial charge in [-0.1, -0.05) is 6.07 Å². The van der Waals surface area contributed by atoms with Crippen LogP contribution in [0.25, 0.3) is 6.08 Å². The van der Waals surface area contributed by atoms with E-state index in [1.165, 1.54) is 23.5 Å². The van der Waals surface area contributed by atoms with Crippen molar-refractivity contribution in [2.45, 2.75) is 25.7 Å². The lowest BCUT2D eigenvalue weighted by Crippen LogP contribution is -2.36. The molecule has 1 aromatic heterocycles. The van der Waals surface area contributed by atoms with Crippen molar-refractivity contribution in [3.05, 3.63) is 55.5 Å². The van der Waals surface area contributed by atoms with Crippen LogP contribution in [0.5, 0.6) is 0 Å². The van der Waals surface area contributed by atoms with Gasteiger partial charge in [-0.3, -0.25) is 14.9 Å². The van der Waals surface area contributed by atoms with Crippen LogP contribution in [0.15, 0.2) is 23.8 Å². The minimum Gasteiger partial charge on any atom is -0.378 e. The Hall–Kier alpha value is -3.73. The minimum absolute atomic E-state index is 0.0963. The number of thiophene rings is 1. The van der Waals surface area contributed by atoms with Gasteiger partial charge in [0.2, 0.25) is 0 Å². The first-order chi connectivity index (χ1) is 16.0. The highest BCUT2D eigenvalue weighted by molar-refractivity contribution is 7.16. The topological polar surface area (TPSA) is 132 Å². The molecular formula is C23H21N5O4S. The summed E-state index contributed by atoms with van der Waals surface area (Å²) in [6.07, 6.45) is 5.07. The van der Waals surface area contributed by atoms with E-state index in [-0.39, 0.29) is 11.3 Å². The molecule has 1 saturated heterocycles. The molecule has 168 valence electrons. The number of nitrogens with zero attached hydrogens (tertiary/aromatic N) is 4. The number of morpholine rings is 1. The molecule has 0 spiro atoms. The Morgan fingerprint density at radius 3 is 2.70 bits per heavy atom. The predicted octanol–water partition coefficient (Wildman–Crippen LogP) is 3.79. The van der Waals surface area contributed by atoms with E-state index in [0.717, 1.165) is 36.1 Å². The molecule has 0 bridgehead atoms. The van der Waals surface area contributed by atoms with Crippen molar-refractivity contribution < 1.29 is 14.5 Å². The first kappa shape index (κ1) is 22.5.